The first-order valence-electron chi connectivity index (χ1n) is 6.91. The van der Waals surface area contributed by atoms with E-state index in [4.69, 9.17) is 0 Å². The summed E-state index contributed by atoms with van der Waals surface area (Å²) in [4.78, 5) is 22.5. The minimum absolute atomic E-state index is 0.0614. The van der Waals surface area contributed by atoms with Crippen LogP contribution in [0.5, 0.6) is 0 Å². The van der Waals surface area contributed by atoms with Crippen molar-refractivity contribution in [2.45, 2.75) is 57.2 Å². The number of carbonyl (C=O) groups excluding carboxylic acids is 1. The normalized spacial score (nSPS) is 33.3. The summed E-state index contributed by atoms with van der Waals surface area (Å²) in [6.07, 6.45) is 7.87. The summed E-state index contributed by atoms with van der Waals surface area (Å²) in [6, 6.07) is 2.73. The lowest BCUT2D eigenvalue weighted by Crippen LogP contribution is -2.57. The highest BCUT2D eigenvalue weighted by Crippen LogP contribution is 2.41. The van der Waals surface area contributed by atoms with Gasteiger partial charge in [0.05, 0.1) is 0 Å². The first kappa shape index (κ1) is 12.4. The molecule has 1 aromatic rings. The average molecular weight is 260 g/mol. The Kier molecular flexibility index (Phi) is 2.92. The third-order valence-electron chi connectivity index (χ3n) is 4.25. The van der Waals surface area contributed by atoms with Crippen molar-refractivity contribution in [3.8, 4) is 0 Å². The van der Waals surface area contributed by atoms with Crippen molar-refractivity contribution in [1.82, 2.24) is 15.3 Å². The maximum absolute atomic E-state index is 11.4. The summed E-state index contributed by atoms with van der Waals surface area (Å²) in [7, 11) is 0. The lowest BCUT2D eigenvalue weighted by Gasteiger charge is -2.45. The second-order valence-electron chi connectivity index (χ2n) is 5.99. The summed E-state index contributed by atoms with van der Waals surface area (Å²) in [5.74, 6) is 0.895. The van der Waals surface area contributed by atoms with Gasteiger partial charge in [0, 0.05) is 36.9 Å². The maximum atomic E-state index is 11.4. The predicted octanol–water partition coefficient (Wildman–Crippen LogP) is 1.50. The van der Waals surface area contributed by atoms with Crippen LogP contribution in [-0.2, 0) is 4.79 Å². The van der Waals surface area contributed by atoms with Gasteiger partial charge in [-0.2, -0.15) is 0 Å². The minimum atomic E-state index is -0.0804. The second-order valence-corrected chi connectivity index (χ2v) is 5.99. The quantitative estimate of drug-likeness (QED) is 0.875. The predicted molar refractivity (Wildman–Crippen MR) is 72.8 cm³/mol. The van der Waals surface area contributed by atoms with E-state index >= 15 is 0 Å². The fourth-order valence-electron chi connectivity index (χ4n) is 3.76. The summed E-state index contributed by atoms with van der Waals surface area (Å²) < 4.78 is 0. The number of rotatable bonds is 2. The molecule has 19 heavy (non-hydrogen) atoms. The molecule has 3 heterocycles. The molecule has 2 aliphatic rings. The van der Waals surface area contributed by atoms with Gasteiger partial charge in [-0.1, -0.05) is 0 Å². The Morgan fingerprint density at radius 2 is 1.89 bits per heavy atom. The van der Waals surface area contributed by atoms with Crippen molar-refractivity contribution in [1.29, 1.82) is 0 Å². The van der Waals surface area contributed by atoms with Gasteiger partial charge in [0.1, 0.15) is 0 Å². The van der Waals surface area contributed by atoms with Gasteiger partial charge in [-0.25, -0.2) is 9.97 Å². The molecule has 0 saturated carbocycles. The first-order valence-corrected chi connectivity index (χ1v) is 6.91. The van der Waals surface area contributed by atoms with Crippen LogP contribution in [0.3, 0.4) is 0 Å². The monoisotopic (exact) mass is 260 g/mol. The Balaban J connectivity index is 1.81. The fraction of sp³-hybridized carbons (Fsp3) is 0.643. The van der Waals surface area contributed by atoms with Crippen LogP contribution >= 0.6 is 0 Å². The first-order chi connectivity index (χ1) is 9.07. The smallest absolute Gasteiger partial charge is 0.225 e. The molecule has 3 rings (SSSR count). The molecule has 1 amide bonds. The van der Waals surface area contributed by atoms with Gasteiger partial charge < -0.3 is 10.2 Å². The lowest BCUT2D eigenvalue weighted by molar-refractivity contribution is -0.121. The van der Waals surface area contributed by atoms with E-state index < -0.39 is 0 Å². The highest BCUT2D eigenvalue weighted by atomic mass is 16.1. The van der Waals surface area contributed by atoms with Crippen LogP contribution in [0.2, 0.25) is 0 Å². The van der Waals surface area contributed by atoms with E-state index in [1.165, 1.54) is 0 Å². The van der Waals surface area contributed by atoms with E-state index in [2.05, 4.69) is 27.1 Å². The molecule has 3 atom stereocenters. The van der Waals surface area contributed by atoms with E-state index in [0.29, 0.717) is 12.1 Å². The number of fused-ring (bicyclic) bond motifs is 2. The number of hydrogen-bond acceptors (Lipinski definition) is 4. The van der Waals surface area contributed by atoms with Crippen molar-refractivity contribution in [2.24, 2.45) is 0 Å². The number of piperidine rings is 1. The molecule has 0 aliphatic carbocycles. The van der Waals surface area contributed by atoms with E-state index in [1.54, 1.807) is 19.3 Å². The van der Waals surface area contributed by atoms with Gasteiger partial charge in [-0.3, -0.25) is 4.79 Å². The molecule has 0 spiro atoms. The van der Waals surface area contributed by atoms with E-state index in [0.717, 1.165) is 31.6 Å². The van der Waals surface area contributed by atoms with Crippen molar-refractivity contribution < 1.29 is 4.79 Å². The Labute approximate surface area is 113 Å². The molecule has 0 radical (unpaired) electrons. The zero-order valence-corrected chi connectivity index (χ0v) is 11.5. The third-order valence-corrected chi connectivity index (χ3v) is 4.25. The molecule has 5 heteroatoms. The molecule has 2 saturated heterocycles. The van der Waals surface area contributed by atoms with E-state index in [-0.39, 0.29) is 11.4 Å². The molecule has 5 nitrogen and oxygen atoms in total. The van der Waals surface area contributed by atoms with Crippen LogP contribution in [0.4, 0.5) is 5.95 Å². The van der Waals surface area contributed by atoms with Gasteiger partial charge >= 0.3 is 0 Å². The molecule has 2 bridgehead atoms. The van der Waals surface area contributed by atoms with Crippen LogP contribution in [0, 0.1) is 0 Å². The molecule has 1 aromatic heterocycles. The standard InChI is InChI=1S/C14H20N4O/c1-10(19)17-14(2)8-11-4-5-12(9-14)18(11)13-15-6-3-7-16-13/h3,6-7,11-12H,4-5,8-9H2,1-2H3,(H,17,19)/t11-,12+,14?. The van der Waals surface area contributed by atoms with Crippen LogP contribution in [0.25, 0.3) is 0 Å². The Hall–Kier alpha value is -1.65. The van der Waals surface area contributed by atoms with Crippen LogP contribution in [-0.4, -0.2) is 33.5 Å². The molecule has 2 fully saturated rings. The number of amides is 1. The summed E-state index contributed by atoms with van der Waals surface area (Å²) >= 11 is 0. The molecular formula is C14H20N4O. The number of hydrogen-bond donors (Lipinski definition) is 1. The number of anilines is 1. The summed E-state index contributed by atoms with van der Waals surface area (Å²) in [5.41, 5.74) is -0.0804. The van der Waals surface area contributed by atoms with Gasteiger partial charge in [-0.15, -0.1) is 0 Å². The molecule has 0 aromatic carbocycles. The van der Waals surface area contributed by atoms with Crippen molar-refractivity contribution in [3.05, 3.63) is 18.5 Å². The van der Waals surface area contributed by atoms with Crippen molar-refractivity contribution >= 4 is 11.9 Å². The molecule has 102 valence electrons. The van der Waals surface area contributed by atoms with Crippen molar-refractivity contribution in [2.75, 3.05) is 4.90 Å². The summed E-state index contributed by atoms with van der Waals surface area (Å²) in [5, 5.41) is 3.12. The zero-order chi connectivity index (χ0) is 13.5. The third kappa shape index (κ3) is 2.29. The Morgan fingerprint density at radius 1 is 1.32 bits per heavy atom. The molecule has 2 aliphatic heterocycles. The largest absolute Gasteiger partial charge is 0.351 e. The van der Waals surface area contributed by atoms with Gasteiger partial charge in [0.15, 0.2) is 0 Å². The Bertz CT molecular complexity index is 462. The minimum Gasteiger partial charge on any atom is -0.351 e. The van der Waals surface area contributed by atoms with Gasteiger partial charge in [0.2, 0.25) is 11.9 Å². The number of aromatic nitrogens is 2. The van der Waals surface area contributed by atoms with Crippen LogP contribution < -0.4 is 10.2 Å². The maximum Gasteiger partial charge on any atom is 0.225 e. The second kappa shape index (κ2) is 4.47. The summed E-state index contributed by atoms with van der Waals surface area (Å²) in [6.45, 7) is 3.75. The van der Waals surface area contributed by atoms with Gasteiger partial charge in [-0.05, 0) is 38.7 Å². The fourth-order valence-corrected chi connectivity index (χ4v) is 3.76. The van der Waals surface area contributed by atoms with E-state index in [1.807, 2.05) is 6.07 Å². The zero-order valence-electron chi connectivity index (χ0n) is 11.5. The average Bonchev–Trinajstić information content (AvgIpc) is 2.63. The lowest BCUT2D eigenvalue weighted by atomic mass is 9.84. The van der Waals surface area contributed by atoms with Gasteiger partial charge in [0.25, 0.3) is 0 Å². The van der Waals surface area contributed by atoms with Crippen molar-refractivity contribution in [3.63, 3.8) is 0 Å². The highest BCUT2D eigenvalue weighted by molar-refractivity contribution is 5.73. The van der Waals surface area contributed by atoms with Crippen LogP contribution in [0.1, 0.15) is 39.5 Å². The Morgan fingerprint density at radius 3 is 2.42 bits per heavy atom. The number of nitrogens with zero attached hydrogens (tertiary/aromatic N) is 3. The van der Waals surface area contributed by atoms with E-state index in [9.17, 15) is 4.79 Å². The number of carbonyl (C=O) groups is 1. The molecular weight excluding hydrogens is 240 g/mol. The van der Waals surface area contributed by atoms with Crippen LogP contribution in [0.15, 0.2) is 18.5 Å². The topological polar surface area (TPSA) is 58.1 Å². The highest BCUT2D eigenvalue weighted by Gasteiger charge is 2.47. The number of nitrogens with one attached hydrogen (secondary N) is 1. The molecule has 1 unspecified atom stereocenters. The SMILES string of the molecule is CC(=O)NC1(C)C[C@H]2CC[C@@H](C1)N2c1ncccn1. The molecule has 1 N–H and O–H groups in total.